The molecule has 0 radical (unpaired) electrons. The predicted molar refractivity (Wildman–Crippen MR) is 233 cm³/mol. The highest BCUT2D eigenvalue weighted by molar-refractivity contribution is 5.92. The van der Waals surface area contributed by atoms with Crippen molar-refractivity contribution in [2.24, 2.45) is 20.5 Å². The van der Waals surface area contributed by atoms with E-state index in [0.29, 0.717) is 52.7 Å². The summed E-state index contributed by atoms with van der Waals surface area (Å²) in [6.07, 6.45) is 14.7. The maximum atomic E-state index is 13.1. The predicted octanol–water partition coefficient (Wildman–Crippen LogP) is 14.7. The van der Waals surface area contributed by atoms with Crippen LogP contribution >= 0.6 is 0 Å². The number of carbonyl (C=O) groups excluding carboxylic acids is 2. The number of azo groups is 2. The Labute approximate surface area is 348 Å². The van der Waals surface area contributed by atoms with E-state index in [9.17, 15) is 9.59 Å². The first-order chi connectivity index (χ1) is 28.9. The third kappa shape index (κ3) is 15.6. The number of carbonyl (C=O) groups is 2. The number of hydrogen-bond donors (Lipinski definition) is 0. The van der Waals surface area contributed by atoms with Gasteiger partial charge in [-0.3, -0.25) is 0 Å². The van der Waals surface area contributed by atoms with Crippen LogP contribution in [0, 0.1) is 6.92 Å². The van der Waals surface area contributed by atoms with Gasteiger partial charge in [0.05, 0.1) is 47.1 Å². The highest BCUT2D eigenvalue weighted by atomic mass is 16.5. The van der Waals surface area contributed by atoms with Crippen molar-refractivity contribution >= 4 is 34.7 Å². The van der Waals surface area contributed by atoms with Gasteiger partial charge in [-0.2, -0.15) is 20.5 Å². The monoisotopic (exact) mass is 796 g/mol. The van der Waals surface area contributed by atoms with E-state index in [1.165, 1.54) is 70.3 Å². The summed E-state index contributed by atoms with van der Waals surface area (Å²) < 4.78 is 23.0. The summed E-state index contributed by atoms with van der Waals surface area (Å²) in [5, 5.41) is 17.2. The molecule has 0 fully saturated rings. The second kappa shape index (κ2) is 24.6. The number of aryl methyl sites for hydroxylation is 1. The molecular weight excluding hydrogens is 741 g/mol. The van der Waals surface area contributed by atoms with Crippen LogP contribution in [0.25, 0.3) is 0 Å². The molecule has 308 valence electrons. The number of nitrogens with zero attached hydrogens (tertiary/aromatic N) is 4. The molecule has 0 aromatic heterocycles. The Morgan fingerprint density at radius 1 is 0.424 bits per heavy atom. The average Bonchev–Trinajstić information content (AvgIpc) is 3.26. The Balaban J connectivity index is 1.06. The lowest BCUT2D eigenvalue weighted by molar-refractivity contribution is 0.0732. The van der Waals surface area contributed by atoms with Gasteiger partial charge in [0.15, 0.2) is 0 Å². The Hall–Kier alpha value is -6.16. The molecule has 0 aliphatic carbocycles. The fourth-order valence-corrected chi connectivity index (χ4v) is 6.00. The van der Waals surface area contributed by atoms with E-state index in [0.717, 1.165) is 24.3 Å². The Bertz CT molecular complexity index is 2080. The van der Waals surface area contributed by atoms with Gasteiger partial charge in [-0.25, -0.2) is 9.59 Å². The first kappa shape index (κ1) is 44.0. The first-order valence-electron chi connectivity index (χ1n) is 20.9. The van der Waals surface area contributed by atoms with Gasteiger partial charge >= 0.3 is 11.9 Å². The largest absolute Gasteiger partial charge is 0.494 e. The summed E-state index contributed by atoms with van der Waals surface area (Å²) in [7, 11) is 0. The van der Waals surface area contributed by atoms with Gasteiger partial charge in [-0.15, -0.1) is 0 Å². The number of rotatable bonds is 24. The molecule has 10 heteroatoms. The zero-order valence-corrected chi connectivity index (χ0v) is 34.6. The molecule has 0 aliphatic heterocycles. The van der Waals surface area contributed by atoms with Crippen LogP contribution in [0.2, 0.25) is 0 Å². The summed E-state index contributed by atoms with van der Waals surface area (Å²) in [5.74, 6) is 1.01. The Morgan fingerprint density at radius 3 is 1.20 bits per heavy atom. The van der Waals surface area contributed by atoms with Crippen molar-refractivity contribution in [2.75, 3.05) is 13.2 Å². The lowest BCUT2D eigenvalue weighted by atomic mass is 10.1. The van der Waals surface area contributed by atoms with E-state index in [-0.39, 0.29) is 11.5 Å². The molecule has 0 bridgehead atoms. The molecule has 10 nitrogen and oxygen atoms in total. The Kier molecular flexibility index (Phi) is 18.3. The van der Waals surface area contributed by atoms with Crippen LogP contribution in [0.3, 0.4) is 0 Å². The molecule has 5 rings (SSSR count). The molecule has 0 N–H and O–H groups in total. The van der Waals surface area contributed by atoms with Gasteiger partial charge in [0.25, 0.3) is 0 Å². The fourth-order valence-electron chi connectivity index (χ4n) is 6.00. The lowest BCUT2D eigenvalue weighted by Gasteiger charge is -2.10. The van der Waals surface area contributed by atoms with Crippen LogP contribution in [0.4, 0.5) is 22.7 Å². The maximum Gasteiger partial charge on any atom is 0.343 e. The molecule has 0 saturated heterocycles. The topological polar surface area (TPSA) is 121 Å². The summed E-state index contributed by atoms with van der Waals surface area (Å²) in [6.45, 7) is 7.66. The van der Waals surface area contributed by atoms with Gasteiger partial charge in [-0.1, -0.05) is 84.1 Å². The number of unbranched alkanes of at least 4 members (excludes halogenated alkanes) is 10. The zero-order chi connectivity index (χ0) is 41.5. The van der Waals surface area contributed by atoms with Crippen LogP contribution < -0.4 is 18.9 Å². The van der Waals surface area contributed by atoms with Crippen LogP contribution in [0.5, 0.6) is 23.0 Å². The number of benzene rings is 5. The number of hydrogen-bond acceptors (Lipinski definition) is 10. The summed E-state index contributed by atoms with van der Waals surface area (Å²) >= 11 is 0. The standard InChI is InChI=1S/C49H56N4O6/c1-4-6-8-10-12-14-34-56-44-30-25-42(26-31-44)52-50-40-21-17-38(18-22-40)48(54)58-46-29-16-37(3)47(36-46)59-49(55)39-19-23-41(24-20-39)51-53-43-27-32-45(33-28-43)57-35-15-13-11-9-7-5-2/h16-33,36H,4-15,34-35H2,1-3H3. The normalized spacial score (nSPS) is 11.2. The second-order valence-corrected chi connectivity index (χ2v) is 14.4. The Morgan fingerprint density at radius 2 is 0.780 bits per heavy atom. The van der Waals surface area contributed by atoms with Gasteiger partial charge in [0, 0.05) is 6.07 Å². The molecule has 0 unspecified atom stereocenters. The third-order valence-electron chi connectivity index (χ3n) is 9.55. The summed E-state index contributed by atoms with van der Waals surface area (Å²) in [5.41, 5.74) is 3.92. The van der Waals surface area contributed by atoms with E-state index in [4.69, 9.17) is 18.9 Å². The minimum atomic E-state index is -0.566. The second-order valence-electron chi connectivity index (χ2n) is 14.4. The van der Waals surface area contributed by atoms with Crippen LogP contribution in [-0.2, 0) is 0 Å². The molecule has 5 aromatic carbocycles. The first-order valence-corrected chi connectivity index (χ1v) is 20.9. The van der Waals surface area contributed by atoms with Crippen molar-refractivity contribution in [2.45, 2.75) is 97.8 Å². The average molecular weight is 797 g/mol. The molecular formula is C49H56N4O6. The molecule has 0 amide bonds. The maximum absolute atomic E-state index is 13.1. The highest BCUT2D eigenvalue weighted by Crippen LogP contribution is 2.28. The summed E-state index contributed by atoms with van der Waals surface area (Å²) in [6, 6.07) is 33.2. The van der Waals surface area contributed by atoms with Crippen molar-refractivity contribution in [3.05, 3.63) is 132 Å². The molecule has 59 heavy (non-hydrogen) atoms. The molecule has 0 saturated carbocycles. The van der Waals surface area contributed by atoms with Crippen molar-refractivity contribution < 1.29 is 28.5 Å². The third-order valence-corrected chi connectivity index (χ3v) is 9.55. The fraction of sp³-hybridized carbons (Fsp3) is 0.347. The smallest absolute Gasteiger partial charge is 0.343 e. The molecule has 0 atom stereocenters. The van der Waals surface area contributed by atoms with Gasteiger partial charge in [0.2, 0.25) is 0 Å². The minimum Gasteiger partial charge on any atom is -0.494 e. The molecule has 0 heterocycles. The number of ether oxygens (including phenoxy) is 4. The van der Waals surface area contributed by atoms with E-state index in [1.807, 2.05) is 48.5 Å². The van der Waals surface area contributed by atoms with E-state index >= 15 is 0 Å². The SMILES string of the molecule is CCCCCCCCOc1ccc(N=Nc2ccc(C(=O)Oc3ccc(C)c(OC(=O)c4ccc(N=Nc5ccc(OCCCCCCCC)cc5)cc4)c3)cc2)cc1. The molecule has 0 aliphatic rings. The van der Waals surface area contributed by atoms with Crippen molar-refractivity contribution in [1.29, 1.82) is 0 Å². The van der Waals surface area contributed by atoms with E-state index in [2.05, 4.69) is 34.3 Å². The van der Waals surface area contributed by atoms with Crippen LogP contribution in [-0.4, -0.2) is 25.2 Å². The van der Waals surface area contributed by atoms with Gasteiger partial charge in [0.1, 0.15) is 23.0 Å². The minimum absolute atomic E-state index is 0.236. The van der Waals surface area contributed by atoms with E-state index < -0.39 is 11.9 Å². The van der Waals surface area contributed by atoms with Crippen molar-refractivity contribution in [1.82, 2.24) is 0 Å². The summed E-state index contributed by atoms with van der Waals surface area (Å²) in [4.78, 5) is 26.0. The van der Waals surface area contributed by atoms with Crippen molar-refractivity contribution in [3.63, 3.8) is 0 Å². The van der Waals surface area contributed by atoms with Gasteiger partial charge < -0.3 is 18.9 Å². The van der Waals surface area contributed by atoms with Crippen molar-refractivity contribution in [3.8, 4) is 23.0 Å². The van der Waals surface area contributed by atoms with E-state index in [1.54, 1.807) is 67.6 Å². The lowest BCUT2D eigenvalue weighted by Crippen LogP contribution is -2.11. The molecule has 0 spiro atoms. The number of esters is 2. The highest BCUT2D eigenvalue weighted by Gasteiger charge is 2.14. The molecule has 5 aromatic rings. The van der Waals surface area contributed by atoms with Crippen LogP contribution in [0.15, 0.2) is 136 Å². The van der Waals surface area contributed by atoms with Gasteiger partial charge in [-0.05, 0) is 128 Å². The van der Waals surface area contributed by atoms with Crippen LogP contribution in [0.1, 0.15) is 117 Å². The quantitative estimate of drug-likeness (QED) is 0.0265. The zero-order valence-electron chi connectivity index (χ0n) is 34.6.